The molecular formula is C22H37Cl2N3O. The van der Waals surface area contributed by atoms with E-state index >= 15 is 0 Å². The number of nitrogens with one attached hydrogen (secondary N) is 1. The molecule has 2 aliphatic rings. The van der Waals surface area contributed by atoms with Crippen LogP contribution in [0.4, 0.5) is 0 Å². The molecule has 3 atom stereocenters. The lowest BCUT2D eigenvalue weighted by Gasteiger charge is -2.46. The Balaban J connectivity index is 0.00000196. The second-order valence-corrected chi connectivity index (χ2v) is 8.55. The number of halogens is 2. The third-order valence-corrected chi connectivity index (χ3v) is 6.21. The molecule has 0 aliphatic carbocycles. The average Bonchev–Trinajstić information content (AvgIpc) is 2.63. The quantitative estimate of drug-likeness (QED) is 0.711. The summed E-state index contributed by atoms with van der Waals surface area (Å²) in [5.74, 6) is 1.79. The number of hydrogen-bond acceptors (Lipinski definition) is 3. The van der Waals surface area contributed by atoms with Crippen molar-refractivity contribution < 1.29 is 4.79 Å². The molecule has 160 valence electrons. The van der Waals surface area contributed by atoms with Gasteiger partial charge in [0.15, 0.2) is 0 Å². The second kappa shape index (κ2) is 12.0. The molecule has 2 aliphatic heterocycles. The van der Waals surface area contributed by atoms with E-state index in [0.29, 0.717) is 18.5 Å². The lowest BCUT2D eigenvalue weighted by Crippen LogP contribution is -2.55. The Morgan fingerprint density at radius 2 is 1.93 bits per heavy atom. The van der Waals surface area contributed by atoms with Crippen LogP contribution in [-0.4, -0.2) is 54.5 Å². The number of benzene rings is 1. The minimum absolute atomic E-state index is 0. The van der Waals surface area contributed by atoms with E-state index < -0.39 is 0 Å². The van der Waals surface area contributed by atoms with Crippen molar-refractivity contribution in [2.24, 2.45) is 11.8 Å². The molecule has 2 bridgehead atoms. The van der Waals surface area contributed by atoms with Crippen molar-refractivity contribution in [3.05, 3.63) is 35.9 Å². The third-order valence-electron chi connectivity index (χ3n) is 6.21. The van der Waals surface area contributed by atoms with Gasteiger partial charge in [-0.05, 0) is 57.1 Å². The zero-order valence-electron chi connectivity index (χ0n) is 17.5. The van der Waals surface area contributed by atoms with Gasteiger partial charge in [0, 0.05) is 45.2 Å². The number of likely N-dealkylation sites (tertiary alicyclic amines) is 1. The summed E-state index contributed by atoms with van der Waals surface area (Å²) >= 11 is 0. The fraction of sp³-hybridized carbons (Fsp3) is 0.682. The summed E-state index contributed by atoms with van der Waals surface area (Å²) < 4.78 is 0. The Hall–Kier alpha value is -0.810. The SMILES string of the molecule is CC(C)N(C)C(=O)CCC[C@H]1NCC2CC1CN(Cc1ccccc1)C2.Cl.Cl. The predicted molar refractivity (Wildman–Crippen MR) is 121 cm³/mol. The molecule has 1 amide bonds. The third kappa shape index (κ3) is 6.91. The Morgan fingerprint density at radius 3 is 2.61 bits per heavy atom. The largest absolute Gasteiger partial charge is 0.343 e. The Kier molecular flexibility index (Phi) is 10.8. The van der Waals surface area contributed by atoms with Gasteiger partial charge in [-0.3, -0.25) is 9.69 Å². The van der Waals surface area contributed by atoms with Gasteiger partial charge in [-0.1, -0.05) is 30.3 Å². The van der Waals surface area contributed by atoms with Crippen molar-refractivity contribution in [3.63, 3.8) is 0 Å². The maximum Gasteiger partial charge on any atom is 0.222 e. The molecule has 0 spiro atoms. The average molecular weight is 430 g/mol. The highest BCUT2D eigenvalue weighted by Gasteiger charge is 2.36. The maximum absolute atomic E-state index is 12.2. The molecule has 1 N–H and O–H groups in total. The molecule has 2 heterocycles. The monoisotopic (exact) mass is 429 g/mol. The number of amides is 1. The number of rotatable bonds is 7. The Bertz CT molecular complexity index is 584. The first-order valence-electron chi connectivity index (χ1n) is 10.3. The number of piperidine rings is 2. The highest BCUT2D eigenvalue weighted by atomic mass is 35.5. The smallest absolute Gasteiger partial charge is 0.222 e. The van der Waals surface area contributed by atoms with E-state index in [1.807, 2.05) is 11.9 Å². The standard InChI is InChI=1S/C22H35N3O.2ClH/c1-17(2)24(3)22(26)11-7-10-21-20-12-19(13-23-21)15-25(16-20)14-18-8-5-4-6-9-18;;/h4-6,8-9,17,19-21,23H,7,10-16H2,1-3H3;2*1H/t19?,20?,21-;;/m1../s1. The summed E-state index contributed by atoms with van der Waals surface area (Å²) in [6, 6.07) is 11.7. The van der Waals surface area contributed by atoms with Gasteiger partial charge in [-0.25, -0.2) is 0 Å². The van der Waals surface area contributed by atoms with Gasteiger partial charge < -0.3 is 10.2 Å². The minimum Gasteiger partial charge on any atom is -0.343 e. The first-order chi connectivity index (χ1) is 12.5. The summed E-state index contributed by atoms with van der Waals surface area (Å²) in [5, 5.41) is 3.78. The zero-order valence-corrected chi connectivity index (χ0v) is 19.1. The lowest BCUT2D eigenvalue weighted by atomic mass is 9.79. The molecule has 4 nitrogen and oxygen atoms in total. The first-order valence-corrected chi connectivity index (χ1v) is 10.3. The number of nitrogens with zero attached hydrogens (tertiary/aromatic N) is 2. The van der Waals surface area contributed by atoms with Crippen molar-refractivity contribution in [2.75, 3.05) is 26.7 Å². The zero-order chi connectivity index (χ0) is 18.5. The summed E-state index contributed by atoms with van der Waals surface area (Å²) in [6.07, 6.45) is 4.14. The van der Waals surface area contributed by atoms with E-state index in [0.717, 1.165) is 37.8 Å². The van der Waals surface area contributed by atoms with E-state index in [4.69, 9.17) is 0 Å². The predicted octanol–water partition coefficient (Wildman–Crippen LogP) is 3.98. The fourth-order valence-corrected chi connectivity index (χ4v) is 4.52. The van der Waals surface area contributed by atoms with Gasteiger partial charge in [-0.15, -0.1) is 24.8 Å². The van der Waals surface area contributed by atoms with Gasteiger partial charge in [-0.2, -0.15) is 0 Å². The second-order valence-electron chi connectivity index (χ2n) is 8.55. The van der Waals surface area contributed by atoms with Crippen LogP contribution in [0, 0.1) is 11.8 Å². The van der Waals surface area contributed by atoms with Gasteiger partial charge >= 0.3 is 0 Å². The van der Waals surface area contributed by atoms with E-state index in [1.165, 1.54) is 25.1 Å². The number of carbonyl (C=O) groups is 1. The normalized spacial score (nSPS) is 24.2. The van der Waals surface area contributed by atoms with Crippen LogP contribution in [0.5, 0.6) is 0 Å². The number of carbonyl (C=O) groups excluding carboxylic acids is 1. The van der Waals surface area contributed by atoms with E-state index in [-0.39, 0.29) is 30.7 Å². The molecule has 2 unspecified atom stereocenters. The van der Waals surface area contributed by atoms with Crippen molar-refractivity contribution in [1.82, 2.24) is 15.1 Å². The highest BCUT2D eigenvalue weighted by Crippen LogP contribution is 2.31. The van der Waals surface area contributed by atoms with Crippen LogP contribution in [0.25, 0.3) is 0 Å². The van der Waals surface area contributed by atoms with Crippen LogP contribution in [-0.2, 0) is 11.3 Å². The molecule has 1 aromatic rings. The van der Waals surface area contributed by atoms with Gasteiger partial charge in [0.2, 0.25) is 5.91 Å². The van der Waals surface area contributed by atoms with E-state index in [2.05, 4.69) is 54.4 Å². The van der Waals surface area contributed by atoms with Gasteiger partial charge in [0.1, 0.15) is 0 Å². The van der Waals surface area contributed by atoms with Crippen molar-refractivity contribution in [2.45, 2.75) is 58.2 Å². The summed E-state index contributed by atoms with van der Waals surface area (Å²) in [7, 11) is 1.92. The van der Waals surface area contributed by atoms with Crippen LogP contribution in [0.15, 0.2) is 30.3 Å². The maximum atomic E-state index is 12.2. The summed E-state index contributed by atoms with van der Waals surface area (Å²) in [4.78, 5) is 16.7. The lowest BCUT2D eigenvalue weighted by molar-refractivity contribution is -0.131. The minimum atomic E-state index is 0. The highest BCUT2D eigenvalue weighted by molar-refractivity contribution is 5.85. The molecule has 0 saturated carbocycles. The molecule has 6 heteroatoms. The van der Waals surface area contributed by atoms with Crippen molar-refractivity contribution in [1.29, 1.82) is 0 Å². The molecule has 0 radical (unpaired) electrons. The molecule has 2 saturated heterocycles. The van der Waals surface area contributed by atoms with Crippen molar-refractivity contribution in [3.8, 4) is 0 Å². The molecule has 1 aromatic carbocycles. The number of fused-ring (bicyclic) bond motifs is 2. The topological polar surface area (TPSA) is 35.6 Å². The van der Waals surface area contributed by atoms with E-state index in [1.54, 1.807) is 0 Å². The van der Waals surface area contributed by atoms with Crippen LogP contribution in [0.3, 0.4) is 0 Å². The molecule has 2 fully saturated rings. The molecule has 0 aromatic heterocycles. The molecule has 28 heavy (non-hydrogen) atoms. The van der Waals surface area contributed by atoms with Crippen molar-refractivity contribution >= 4 is 30.7 Å². The van der Waals surface area contributed by atoms with Crippen LogP contribution in [0.1, 0.15) is 45.1 Å². The summed E-state index contributed by atoms with van der Waals surface area (Å²) in [6.45, 7) is 8.74. The van der Waals surface area contributed by atoms with Crippen LogP contribution in [0.2, 0.25) is 0 Å². The number of hydrogen-bond donors (Lipinski definition) is 1. The van der Waals surface area contributed by atoms with Gasteiger partial charge in [0.05, 0.1) is 0 Å². The Morgan fingerprint density at radius 1 is 1.21 bits per heavy atom. The molecular weight excluding hydrogens is 393 g/mol. The van der Waals surface area contributed by atoms with Crippen LogP contribution < -0.4 is 5.32 Å². The summed E-state index contributed by atoms with van der Waals surface area (Å²) in [5.41, 5.74) is 1.42. The first kappa shape index (κ1) is 25.2. The Labute approximate surface area is 183 Å². The van der Waals surface area contributed by atoms with Gasteiger partial charge in [0.25, 0.3) is 0 Å². The molecule has 3 rings (SSSR count). The fourth-order valence-electron chi connectivity index (χ4n) is 4.52. The van der Waals surface area contributed by atoms with Crippen LogP contribution >= 0.6 is 24.8 Å². The van der Waals surface area contributed by atoms with E-state index in [9.17, 15) is 4.79 Å².